The average molecular weight is 381 g/mol. The van der Waals surface area contributed by atoms with Crippen LogP contribution < -0.4 is 21.1 Å². The molecule has 4 N–H and O–H groups in total. The third-order valence-corrected chi connectivity index (χ3v) is 4.65. The molecule has 2 aromatic carbocycles. The van der Waals surface area contributed by atoms with Crippen LogP contribution in [0.1, 0.15) is 30.4 Å². The second kappa shape index (κ2) is 9.78. The molecule has 3 rings (SSSR count). The van der Waals surface area contributed by atoms with Gasteiger partial charge in [-0.05, 0) is 55.0 Å². The summed E-state index contributed by atoms with van der Waals surface area (Å²) in [5.41, 5.74) is 8.72. The molecule has 1 aliphatic rings. The van der Waals surface area contributed by atoms with Gasteiger partial charge in [-0.1, -0.05) is 30.3 Å². The van der Waals surface area contributed by atoms with E-state index in [4.69, 9.17) is 10.5 Å². The molecule has 0 aromatic heterocycles. The highest BCUT2D eigenvalue weighted by Gasteiger charge is 2.23. The number of para-hydroxylation sites is 1. The van der Waals surface area contributed by atoms with Crippen LogP contribution in [0.3, 0.4) is 0 Å². The molecule has 2 aromatic rings. The summed E-state index contributed by atoms with van der Waals surface area (Å²) in [5, 5.41) is 5.82. The van der Waals surface area contributed by atoms with Crippen molar-refractivity contribution in [3.8, 4) is 5.75 Å². The van der Waals surface area contributed by atoms with Crippen molar-refractivity contribution >= 4 is 17.5 Å². The normalized spacial score (nSPS) is 13.0. The van der Waals surface area contributed by atoms with Crippen molar-refractivity contribution in [2.45, 2.75) is 38.1 Å². The first kappa shape index (κ1) is 19.7. The fourth-order valence-corrected chi connectivity index (χ4v) is 2.84. The average Bonchev–Trinajstić information content (AvgIpc) is 3.51. The molecule has 0 radical (unpaired) electrons. The van der Waals surface area contributed by atoms with E-state index in [1.807, 2.05) is 48.5 Å². The summed E-state index contributed by atoms with van der Waals surface area (Å²) in [6.07, 6.45) is 3.93. The summed E-state index contributed by atoms with van der Waals surface area (Å²) >= 11 is 0. The third-order valence-electron chi connectivity index (χ3n) is 4.65. The lowest BCUT2D eigenvalue weighted by molar-refractivity contribution is -0.123. The maximum Gasteiger partial charge on any atom is 0.258 e. The lowest BCUT2D eigenvalue weighted by Crippen LogP contribution is -2.30. The van der Waals surface area contributed by atoms with E-state index in [-0.39, 0.29) is 18.4 Å². The number of anilines is 1. The van der Waals surface area contributed by atoms with Crippen molar-refractivity contribution in [1.29, 1.82) is 0 Å². The van der Waals surface area contributed by atoms with Crippen LogP contribution in [0.2, 0.25) is 0 Å². The van der Waals surface area contributed by atoms with Crippen LogP contribution in [0.5, 0.6) is 5.75 Å². The van der Waals surface area contributed by atoms with Crippen molar-refractivity contribution in [1.82, 2.24) is 10.6 Å². The minimum Gasteiger partial charge on any atom is -0.484 e. The second-order valence-electron chi connectivity index (χ2n) is 7.07. The summed E-state index contributed by atoms with van der Waals surface area (Å²) in [6, 6.07) is 15.5. The van der Waals surface area contributed by atoms with Gasteiger partial charge in [-0.25, -0.2) is 0 Å². The van der Waals surface area contributed by atoms with Crippen LogP contribution in [0.15, 0.2) is 48.5 Å². The van der Waals surface area contributed by atoms with Gasteiger partial charge in [0.1, 0.15) is 5.75 Å². The lowest BCUT2D eigenvalue weighted by atomic mass is 10.1. The van der Waals surface area contributed by atoms with E-state index in [1.54, 1.807) is 0 Å². The fraction of sp³-hybridized carbons (Fsp3) is 0.364. The molecule has 2 amide bonds. The van der Waals surface area contributed by atoms with Crippen LogP contribution >= 0.6 is 0 Å². The van der Waals surface area contributed by atoms with Crippen LogP contribution in [0.25, 0.3) is 0 Å². The molecule has 148 valence electrons. The summed E-state index contributed by atoms with van der Waals surface area (Å²) in [4.78, 5) is 23.6. The molecule has 1 saturated carbocycles. The maximum atomic E-state index is 12.0. The van der Waals surface area contributed by atoms with Gasteiger partial charge in [0.15, 0.2) is 6.61 Å². The molecular formula is C22H27N3O3. The molecule has 0 unspecified atom stereocenters. The van der Waals surface area contributed by atoms with Crippen molar-refractivity contribution in [2.24, 2.45) is 0 Å². The Morgan fingerprint density at radius 3 is 2.46 bits per heavy atom. The number of hydrogen-bond donors (Lipinski definition) is 3. The highest BCUT2D eigenvalue weighted by atomic mass is 16.5. The summed E-state index contributed by atoms with van der Waals surface area (Å²) in [5.74, 6) is 0.607. The Morgan fingerprint density at radius 2 is 1.75 bits per heavy atom. The van der Waals surface area contributed by atoms with Crippen molar-refractivity contribution in [3.05, 3.63) is 59.7 Å². The van der Waals surface area contributed by atoms with Crippen LogP contribution in [0, 0.1) is 0 Å². The zero-order valence-corrected chi connectivity index (χ0v) is 15.9. The number of hydrogen-bond acceptors (Lipinski definition) is 4. The lowest BCUT2D eigenvalue weighted by Gasteiger charge is -2.09. The number of carbonyl (C=O) groups is 2. The number of carbonyl (C=O) groups excluding carboxylic acids is 2. The quantitative estimate of drug-likeness (QED) is 0.550. The van der Waals surface area contributed by atoms with E-state index >= 15 is 0 Å². The molecular weight excluding hydrogens is 354 g/mol. The molecule has 0 aliphatic heterocycles. The Morgan fingerprint density at radius 1 is 1.00 bits per heavy atom. The molecule has 0 saturated heterocycles. The van der Waals surface area contributed by atoms with Gasteiger partial charge in [0.2, 0.25) is 5.91 Å². The molecule has 0 bridgehead atoms. The van der Waals surface area contributed by atoms with E-state index in [0.29, 0.717) is 31.2 Å². The minimum atomic E-state index is -0.0773. The van der Waals surface area contributed by atoms with Crippen LogP contribution in [-0.4, -0.2) is 31.0 Å². The first-order chi connectivity index (χ1) is 13.6. The highest BCUT2D eigenvalue weighted by molar-refractivity contribution is 5.78. The molecule has 0 spiro atoms. The largest absolute Gasteiger partial charge is 0.484 e. The summed E-state index contributed by atoms with van der Waals surface area (Å²) < 4.78 is 5.49. The van der Waals surface area contributed by atoms with Crippen molar-refractivity contribution in [3.63, 3.8) is 0 Å². The van der Waals surface area contributed by atoms with Crippen molar-refractivity contribution in [2.75, 3.05) is 18.9 Å². The standard InChI is InChI=1S/C22H27N3O3/c23-20-4-2-1-3-17(20)7-12-21(26)24-14-13-16-5-10-19(11-6-16)28-15-22(27)25-18-8-9-18/h1-6,10-11,18H,7-9,12-15,23H2,(H,24,26)(H,25,27). The number of aryl methyl sites for hydroxylation is 1. The number of benzene rings is 2. The number of ether oxygens (including phenoxy) is 1. The maximum absolute atomic E-state index is 12.0. The topological polar surface area (TPSA) is 93.5 Å². The number of nitrogens with one attached hydrogen (secondary N) is 2. The summed E-state index contributed by atoms with van der Waals surface area (Å²) in [6.45, 7) is 0.616. The molecule has 28 heavy (non-hydrogen) atoms. The SMILES string of the molecule is Nc1ccccc1CCC(=O)NCCc1ccc(OCC(=O)NC2CC2)cc1. The van der Waals surface area contributed by atoms with Gasteiger partial charge in [-0.2, -0.15) is 0 Å². The second-order valence-corrected chi connectivity index (χ2v) is 7.07. The van der Waals surface area contributed by atoms with E-state index in [2.05, 4.69) is 10.6 Å². The number of rotatable bonds is 10. The summed E-state index contributed by atoms with van der Waals surface area (Å²) in [7, 11) is 0. The zero-order chi connectivity index (χ0) is 19.8. The molecule has 1 aliphatic carbocycles. The highest BCUT2D eigenvalue weighted by Crippen LogP contribution is 2.18. The number of nitrogens with two attached hydrogens (primary N) is 1. The van der Waals surface area contributed by atoms with Crippen LogP contribution in [0.4, 0.5) is 5.69 Å². The van der Waals surface area contributed by atoms with Gasteiger partial charge in [0.25, 0.3) is 5.91 Å². The Hall–Kier alpha value is -3.02. The molecule has 6 heteroatoms. The number of nitrogen functional groups attached to an aromatic ring is 1. The van der Waals surface area contributed by atoms with Crippen LogP contribution in [-0.2, 0) is 22.4 Å². The monoisotopic (exact) mass is 381 g/mol. The fourth-order valence-electron chi connectivity index (χ4n) is 2.84. The van der Waals surface area contributed by atoms with Crippen molar-refractivity contribution < 1.29 is 14.3 Å². The molecule has 1 fully saturated rings. The van der Waals surface area contributed by atoms with Gasteiger partial charge < -0.3 is 21.1 Å². The molecule has 0 heterocycles. The van der Waals surface area contributed by atoms with Gasteiger partial charge >= 0.3 is 0 Å². The Balaban J connectivity index is 1.32. The predicted molar refractivity (Wildman–Crippen MR) is 109 cm³/mol. The number of amides is 2. The molecule has 0 atom stereocenters. The first-order valence-electron chi connectivity index (χ1n) is 9.71. The van der Waals surface area contributed by atoms with E-state index in [9.17, 15) is 9.59 Å². The van der Waals surface area contributed by atoms with Gasteiger partial charge in [0, 0.05) is 24.7 Å². The van der Waals surface area contributed by atoms with E-state index in [0.717, 1.165) is 36.1 Å². The predicted octanol–water partition coefficient (Wildman–Crippen LogP) is 2.22. The Labute approximate surface area is 165 Å². The Kier molecular flexibility index (Phi) is 6.89. The zero-order valence-electron chi connectivity index (χ0n) is 15.9. The third kappa shape index (κ3) is 6.61. The van der Waals surface area contributed by atoms with Gasteiger partial charge in [0.05, 0.1) is 0 Å². The van der Waals surface area contributed by atoms with Gasteiger partial charge in [-0.3, -0.25) is 9.59 Å². The van der Waals surface area contributed by atoms with Gasteiger partial charge in [-0.15, -0.1) is 0 Å². The minimum absolute atomic E-state index is 0.0184. The smallest absolute Gasteiger partial charge is 0.258 e. The Bertz CT molecular complexity index is 801. The van der Waals surface area contributed by atoms with E-state index in [1.165, 1.54) is 0 Å². The first-order valence-corrected chi connectivity index (χ1v) is 9.71. The molecule has 6 nitrogen and oxygen atoms in total. The van der Waals surface area contributed by atoms with E-state index < -0.39 is 0 Å².